The van der Waals surface area contributed by atoms with Crippen LogP contribution in [0.15, 0.2) is 52.3 Å². The summed E-state index contributed by atoms with van der Waals surface area (Å²) in [6.07, 6.45) is 0.762. The van der Waals surface area contributed by atoms with Crippen LogP contribution in [0.2, 0.25) is 0 Å². The minimum absolute atomic E-state index is 0.0989. The summed E-state index contributed by atoms with van der Waals surface area (Å²) < 4.78 is 25.2. The Morgan fingerprint density at radius 2 is 1.89 bits per heavy atom. The molecule has 0 spiro atoms. The number of rotatable bonds is 6. The van der Waals surface area contributed by atoms with Gasteiger partial charge in [-0.15, -0.1) is 11.8 Å². The summed E-state index contributed by atoms with van der Waals surface area (Å²) in [5, 5.41) is 5.22. The Balaban J connectivity index is 1.64. The highest BCUT2D eigenvalue weighted by Crippen LogP contribution is 2.36. The topological polar surface area (TPSA) is 92.3 Å². The molecular weight excluding hydrogens is 396 g/mol. The molecule has 148 valence electrons. The van der Waals surface area contributed by atoms with E-state index in [1.165, 1.54) is 23.9 Å². The summed E-state index contributed by atoms with van der Waals surface area (Å²) in [5.74, 6) is -0.814. The van der Waals surface area contributed by atoms with Gasteiger partial charge in [-0.3, -0.25) is 9.59 Å². The van der Waals surface area contributed by atoms with Crippen LogP contribution in [0.1, 0.15) is 25.8 Å². The van der Waals surface area contributed by atoms with Crippen molar-refractivity contribution in [2.45, 2.75) is 41.7 Å². The Morgan fingerprint density at radius 3 is 2.57 bits per heavy atom. The van der Waals surface area contributed by atoms with E-state index in [2.05, 4.69) is 10.6 Å². The van der Waals surface area contributed by atoms with E-state index in [1.54, 1.807) is 25.1 Å². The van der Waals surface area contributed by atoms with Crippen molar-refractivity contribution < 1.29 is 18.0 Å². The highest BCUT2D eigenvalue weighted by molar-refractivity contribution is 8.01. The maximum Gasteiger partial charge on any atom is 0.237 e. The number of aryl methyl sites for hydroxylation is 1. The number of nitrogens with one attached hydrogen (secondary N) is 2. The molecule has 2 N–H and O–H groups in total. The molecule has 0 fully saturated rings. The lowest BCUT2D eigenvalue weighted by Gasteiger charge is -2.21. The SMILES string of the molecule is CCc1ccc(NC(=O)CCS(=O)(=O)c2ccc3c(c2)NC(=O)C(C)S3)cc1. The number of benzene rings is 2. The Bertz CT molecular complexity index is 1000. The van der Waals surface area contributed by atoms with Gasteiger partial charge < -0.3 is 10.6 Å². The highest BCUT2D eigenvalue weighted by Gasteiger charge is 2.25. The van der Waals surface area contributed by atoms with Crippen LogP contribution in [-0.4, -0.2) is 31.2 Å². The van der Waals surface area contributed by atoms with Gasteiger partial charge in [0.1, 0.15) is 0 Å². The zero-order valence-electron chi connectivity index (χ0n) is 15.7. The van der Waals surface area contributed by atoms with Crippen LogP contribution in [0.5, 0.6) is 0 Å². The van der Waals surface area contributed by atoms with Crippen LogP contribution in [0, 0.1) is 0 Å². The lowest BCUT2D eigenvalue weighted by Crippen LogP contribution is -2.26. The van der Waals surface area contributed by atoms with Gasteiger partial charge in [-0.1, -0.05) is 19.1 Å². The van der Waals surface area contributed by atoms with E-state index in [1.807, 2.05) is 19.1 Å². The Kier molecular flexibility index (Phi) is 6.10. The van der Waals surface area contributed by atoms with Gasteiger partial charge in [0.25, 0.3) is 0 Å². The molecule has 1 heterocycles. The van der Waals surface area contributed by atoms with Crippen molar-refractivity contribution in [3.63, 3.8) is 0 Å². The minimum atomic E-state index is -3.64. The monoisotopic (exact) mass is 418 g/mol. The average molecular weight is 419 g/mol. The van der Waals surface area contributed by atoms with E-state index < -0.39 is 9.84 Å². The number of hydrogen-bond donors (Lipinski definition) is 2. The van der Waals surface area contributed by atoms with Crippen molar-refractivity contribution in [3.05, 3.63) is 48.0 Å². The molecule has 0 aliphatic carbocycles. The van der Waals surface area contributed by atoms with Gasteiger partial charge >= 0.3 is 0 Å². The molecule has 3 rings (SSSR count). The number of fused-ring (bicyclic) bond motifs is 1. The molecular formula is C20H22N2O4S2. The first-order valence-electron chi connectivity index (χ1n) is 9.01. The molecule has 0 bridgehead atoms. The smallest absolute Gasteiger partial charge is 0.237 e. The first-order chi connectivity index (χ1) is 13.3. The maximum atomic E-state index is 12.6. The Hall–Kier alpha value is -2.32. The van der Waals surface area contributed by atoms with Crippen molar-refractivity contribution in [3.8, 4) is 0 Å². The molecule has 28 heavy (non-hydrogen) atoms. The normalized spacial score (nSPS) is 16.2. The van der Waals surface area contributed by atoms with Gasteiger partial charge in [-0.25, -0.2) is 8.42 Å². The summed E-state index contributed by atoms with van der Waals surface area (Å²) in [6.45, 7) is 3.84. The number of anilines is 2. The van der Waals surface area contributed by atoms with Gasteiger partial charge in [0.15, 0.2) is 9.84 Å². The van der Waals surface area contributed by atoms with E-state index >= 15 is 0 Å². The quantitative estimate of drug-likeness (QED) is 0.749. The lowest BCUT2D eigenvalue weighted by atomic mass is 10.1. The summed E-state index contributed by atoms with van der Waals surface area (Å²) in [5.41, 5.74) is 2.30. The van der Waals surface area contributed by atoms with Crippen LogP contribution < -0.4 is 10.6 Å². The number of amides is 2. The molecule has 0 saturated heterocycles. The molecule has 2 amide bonds. The molecule has 6 nitrogen and oxygen atoms in total. The third kappa shape index (κ3) is 4.74. The second kappa shape index (κ2) is 8.36. The lowest BCUT2D eigenvalue weighted by molar-refractivity contribution is -0.116. The van der Waals surface area contributed by atoms with Gasteiger partial charge in [-0.05, 0) is 49.2 Å². The largest absolute Gasteiger partial charge is 0.326 e. The van der Waals surface area contributed by atoms with Crippen molar-refractivity contribution >= 4 is 44.8 Å². The second-order valence-electron chi connectivity index (χ2n) is 6.57. The van der Waals surface area contributed by atoms with Crippen LogP contribution >= 0.6 is 11.8 Å². The van der Waals surface area contributed by atoms with E-state index in [9.17, 15) is 18.0 Å². The predicted octanol–water partition coefficient (Wildman–Crippen LogP) is 3.48. The number of hydrogen-bond acceptors (Lipinski definition) is 5. The standard InChI is InChI=1S/C20H22N2O4S2/c1-3-14-4-6-15(7-5-14)21-19(23)10-11-28(25,26)16-8-9-18-17(12-16)22-20(24)13(2)27-18/h4-9,12-13H,3,10-11H2,1-2H3,(H,21,23)(H,22,24). The van der Waals surface area contributed by atoms with Gasteiger partial charge in [0.05, 0.1) is 21.6 Å². The zero-order valence-corrected chi connectivity index (χ0v) is 17.3. The van der Waals surface area contributed by atoms with E-state index in [0.717, 1.165) is 16.9 Å². The van der Waals surface area contributed by atoms with Crippen LogP contribution in [0.4, 0.5) is 11.4 Å². The number of sulfone groups is 1. The third-order valence-electron chi connectivity index (χ3n) is 4.48. The molecule has 1 atom stereocenters. The average Bonchev–Trinajstić information content (AvgIpc) is 2.67. The summed E-state index contributed by atoms with van der Waals surface area (Å²) in [4.78, 5) is 24.9. The maximum absolute atomic E-state index is 12.6. The van der Waals surface area contributed by atoms with E-state index in [0.29, 0.717) is 11.4 Å². The molecule has 1 unspecified atom stereocenters. The first kappa shape index (κ1) is 20.4. The molecule has 1 aliphatic rings. The fourth-order valence-corrected chi connectivity index (χ4v) is 4.97. The molecule has 2 aromatic rings. The summed E-state index contributed by atoms with van der Waals surface area (Å²) >= 11 is 1.39. The number of carbonyl (C=O) groups excluding carboxylic acids is 2. The number of thioether (sulfide) groups is 1. The van der Waals surface area contributed by atoms with Crippen molar-refractivity contribution in [2.24, 2.45) is 0 Å². The zero-order chi connectivity index (χ0) is 20.3. The van der Waals surface area contributed by atoms with Crippen molar-refractivity contribution in [1.29, 1.82) is 0 Å². The number of carbonyl (C=O) groups is 2. The van der Waals surface area contributed by atoms with Gasteiger partial charge in [0, 0.05) is 17.0 Å². The fraction of sp³-hybridized carbons (Fsp3) is 0.300. The second-order valence-corrected chi connectivity index (χ2v) is 10.1. The molecule has 0 radical (unpaired) electrons. The molecule has 0 aromatic heterocycles. The van der Waals surface area contributed by atoms with E-state index in [4.69, 9.17) is 0 Å². The Labute approximate surface area is 169 Å². The highest BCUT2D eigenvalue weighted by atomic mass is 32.2. The predicted molar refractivity (Wildman–Crippen MR) is 112 cm³/mol. The molecule has 8 heteroatoms. The molecule has 2 aromatic carbocycles. The summed E-state index contributed by atoms with van der Waals surface area (Å²) in [7, 11) is -3.64. The molecule has 1 aliphatic heterocycles. The molecule has 0 saturated carbocycles. The summed E-state index contributed by atoms with van der Waals surface area (Å²) in [6, 6.07) is 12.1. The van der Waals surface area contributed by atoms with Crippen LogP contribution in [0.25, 0.3) is 0 Å². The Morgan fingerprint density at radius 1 is 1.18 bits per heavy atom. The first-order valence-corrected chi connectivity index (χ1v) is 11.5. The van der Waals surface area contributed by atoms with Gasteiger partial charge in [0.2, 0.25) is 11.8 Å². The minimum Gasteiger partial charge on any atom is -0.326 e. The van der Waals surface area contributed by atoms with Crippen molar-refractivity contribution in [2.75, 3.05) is 16.4 Å². The van der Waals surface area contributed by atoms with Gasteiger partial charge in [-0.2, -0.15) is 0 Å². The van der Waals surface area contributed by atoms with Crippen molar-refractivity contribution in [1.82, 2.24) is 0 Å². The van der Waals surface area contributed by atoms with Crippen LogP contribution in [0.3, 0.4) is 0 Å². The van der Waals surface area contributed by atoms with Crippen LogP contribution in [-0.2, 0) is 25.8 Å². The van der Waals surface area contributed by atoms with E-state index in [-0.39, 0.29) is 34.1 Å². The fourth-order valence-electron chi connectivity index (χ4n) is 2.77. The third-order valence-corrected chi connectivity index (χ3v) is 7.38.